The van der Waals surface area contributed by atoms with Crippen LogP contribution in [0.5, 0.6) is 0 Å². The fraction of sp³-hybridized carbons (Fsp3) is 0. The van der Waals surface area contributed by atoms with Gasteiger partial charge in [-0.05, 0) is 0 Å². The van der Waals surface area contributed by atoms with Crippen molar-refractivity contribution in [2.75, 3.05) is 0 Å². The average molecular weight is 261 g/mol. The quantitative estimate of drug-likeness (QED) is 0.249. The van der Waals surface area contributed by atoms with Crippen LogP contribution in [-0.2, 0) is 17.4 Å². The van der Waals surface area contributed by atoms with E-state index in [1.807, 2.05) is 0 Å². The number of rotatable bonds is 0. The molecule has 0 saturated heterocycles. The second-order valence-electron chi connectivity index (χ2n) is 0. The van der Waals surface area contributed by atoms with Crippen molar-refractivity contribution in [2.24, 2.45) is 0 Å². The van der Waals surface area contributed by atoms with Crippen LogP contribution < -0.4 is 74.1 Å². The minimum absolute atomic E-state index is 0. The van der Waals surface area contributed by atoms with Crippen LogP contribution in [0.25, 0.3) is 0 Å². The molecule has 0 atom stereocenters. The molecule has 0 fully saturated rings. The van der Waals surface area contributed by atoms with Gasteiger partial charge in [0.2, 0.25) is 0 Å². The number of hydrogen-bond acceptors (Lipinski definition) is 6. The van der Waals surface area contributed by atoms with Crippen LogP contribution in [0.1, 0.15) is 0 Å². The van der Waals surface area contributed by atoms with Gasteiger partial charge in [-0.2, -0.15) is 0 Å². The first-order valence-corrected chi connectivity index (χ1v) is 0. The summed E-state index contributed by atoms with van der Waals surface area (Å²) >= 11 is 0. The molecule has 0 amide bonds. The first-order valence-electron chi connectivity index (χ1n) is 0. The second-order valence-corrected chi connectivity index (χ2v) is 0. The van der Waals surface area contributed by atoms with E-state index in [0.29, 0.717) is 0 Å². The van der Waals surface area contributed by atoms with Gasteiger partial charge in [-0.3, -0.25) is 0 Å². The van der Waals surface area contributed by atoms with Crippen LogP contribution in [0.4, 0.5) is 0 Å². The van der Waals surface area contributed by atoms with Crippen molar-refractivity contribution in [3.8, 4) is 0 Å². The molecule has 0 aromatic rings. The monoisotopic (exact) mass is 259 g/mol. The Kier molecular flexibility index (Phi) is 53900. The van der Waals surface area contributed by atoms with Gasteiger partial charge in [0.05, 0.1) is 0 Å². The largest absolute Gasteiger partial charge is 3.00 e. The summed E-state index contributed by atoms with van der Waals surface area (Å²) in [6.07, 6.45) is 0. The van der Waals surface area contributed by atoms with E-state index >= 15 is 0 Å². The first kappa shape index (κ1) is 853. The SMILES string of the molecule is N.N.N.N.N.N.[Cl-].[Cl-].[Cl-].[Cr+3]. The molecule has 0 spiro atoms. The maximum Gasteiger partial charge on any atom is 3.00 e. The van der Waals surface area contributed by atoms with Crippen LogP contribution in [-0.4, -0.2) is 0 Å². The summed E-state index contributed by atoms with van der Waals surface area (Å²) in [5.74, 6) is 0. The molecule has 0 heterocycles. The summed E-state index contributed by atoms with van der Waals surface area (Å²) in [6.45, 7) is 0. The van der Waals surface area contributed by atoms with E-state index in [-0.39, 0.29) is 91.5 Å². The molecular formula is H18Cl3CrN6. The Bertz CT molecular complexity index is 13.0. The second kappa shape index (κ2) is 631. The van der Waals surface area contributed by atoms with Crippen molar-refractivity contribution in [3.63, 3.8) is 0 Å². The normalized spacial score (nSPS) is 0. The van der Waals surface area contributed by atoms with Crippen LogP contribution in [0, 0.1) is 0 Å². The van der Waals surface area contributed by atoms with Gasteiger partial charge in [-0.1, -0.05) is 0 Å². The summed E-state index contributed by atoms with van der Waals surface area (Å²) in [7, 11) is 0. The number of halogens is 3. The molecule has 0 aliphatic heterocycles. The Labute approximate surface area is 91.5 Å². The van der Waals surface area contributed by atoms with Crippen LogP contribution in [0.3, 0.4) is 0 Å². The van der Waals surface area contributed by atoms with E-state index in [0.717, 1.165) is 0 Å². The van der Waals surface area contributed by atoms with Gasteiger partial charge in [0, 0.05) is 0 Å². The zero-order valence-electron chi connectivity index (χ0n) is 5.78. The van der Waals surface area contributed by atoms with Crippen LogP contribution >= 0.6 is 0 Å². The Morgan fingerprint density at radius 1 is 0.300 bits per heavy atom. The molecule has 0 aromatic carbocycles. The Hall–Kier alpha value is 1.16. The molecule has 1 radical (unpaired) electrons. The Balaban J connectivity index is 0. The third-order valence-electron chi connectivity index (χ3n) is 0. The molecular weight excluding hydrogens is 242 g/mol. The van der Waals surface area contributed by atoms with Crippen LogP contribution in [0.15, 0.2) is 0 Å². The van der Waals surface area contributed by atoms with Gasteiger partial charge >= 0.3 is 17.4 Å². The van der Waals surface area contributed by atoms with Crippen molar-refractivity contribution >= 4 is 0 Å². The molecule has 0 aliphatic carbocycles. The fourth-order valence-electron chi connectivity index (χ4n) is 0. The van der Waals surface area contributed by atoms with E-state index in [4.69, 9.17) is 0 Å². The van der Waals surface area contributed by atoms with E-state index in [2.05, 4.69) is 0 Å². The molecule has 0 saturated carbocycles. The van der Waals surface area contributed by atoms with Gasteiger partial charge < -0.3 is 74.1 Å². The van der Waals surface area contributed by atoms with Crippen molar-refractivity contribution in [1.82, 2.24) is 36.9 Å². The summed E-state index contributed by atoms with van der Waals surface area (Å²) in [6, 6.07) is 0. The maximum absolute atomic E-state index is 0. The van der Waals surface area contributed by atoms with Gasteiger partial charge in [0.1, 0.15) is 0 Å². The molecule has 0 rings (SSSR count). The van der Waals surface area contributed by atoms with E-state index in [9.17, 15) is 0 Å². The molecule has 0 bridgehead atoms. The van der Waals surface area contributed by atoms with E-state index in [1.165, 1.54) is 0 Å². The van der Waals surface area contributed by atoms with Crippen molar-refractivity contribution in [3.05, 3.63) is 0 Å². The van der Waals surface area contributed by atoms with E-state index in [1.54, 1.807) is 0 Å². The molecule has 0 unspecified atom stereocenters. The minimum Gasteiger partial charge on any atom is -1.00 e. The average Bonchev–Trinajstić information content (AvgIpc) is 0. The third-order valence-corrected chi connectivity index (χ3v) is 0. The van der Waals surface area contributed by atoms with Crippen molar-refractivity contribution in [2.45, 2.75) is 0 Å². The number of hydrogen-bond donors (Lipinski definition) is 6. The van der Waals surface area contributed by atoms with E-state index < -0.39 is 0 Å². The summed E-state index contributed by atoms with van der Waals surface area (Å²) < 4.78 is 0. The van der Waals surface area contributed by atoms with Crippen molar-refractivity contribution in [1.29, 1.82) is 0 Å². The fourth-order valence-corrected chi connectivity index (χ4v) is 0. The Morgan fingerprint density at radius 2 is 0.300 bits per heavy atom. The maximum atomic E-state index is 0. The van der Waals surface area contributed by atoms with Gasteiger partial charge in [0.15, 0.2) is 0 Å². The zero-order chi connectivity index (χ0) is 0. The standard InChI is InChI=1S/3ClH.Cr.6H3N/h3*1H;;6*1H3/q;;;+3;;;;;;/p-3. The summed E-state index contributed by atoms with van der Waals surface area (Å²) in [5.41, 5.74) is 0. The third kappa shape index (κ3) is 452. The summed E-state index contributed by atoms with van der Waals surface area (Å²) in [4.78, 5) is 0. The smallest absolute Gasteiger partial charge is 1.00 e. The minimum atomic E-state index is 0. The predicted molar refractivity (Wildman–Crippen MR) is 30.1 cm³/mol. The van der Waals surface area contributed by atoms with Crippen molar-refractivity contribution < 1.29 is 54.6 Å². The molecule has 18 N–H and O–H groups in total. The van der Waals surface area contributed by atoms with Gasteiger partial charge in [-0.25, -0.2) is 0 Å². The zero-order valence-corrected chi connectivity index (χ0v) is 9.33. The summed E-state index contributed by atoms with van der Waals surface area (Å²) in [5, 5.41) is 0. The van der Waals surface area contributed by atoms with Gasteiger partial charge in [-0.15, -0.1) is 0 Å². The van der Waals surface area contributed by atoms with Crippen LogP contribution in [0.2, 0.25) is 0 Å². The molecule has 10 heteroatoms. The molecule has 10 heavy (non-hydrogen) atoms. The molecule has 75 valence electrons. The van der Waals surface area contributed by atoms with Gasteiger partial charge in [0.25, 0.3) is 0 Å². The molecule has 0 aliphatic rings. The molecule has 6 nitrogen and oxygen atoms in total. The first-order chi connectivity index (χ1) is 0. The predicted octanol–water partition coefficient (Wildman–Crippen LogP) is -8.02. The molecule has 0 aromatic heterocycles. The Morgan fingerprint density at radius 3 is 0.300 bits per heavy atom. The topological polar surface area (TPSA) is 210 Å².